The van der Waals surface area contributed by atoms with Crippen LogP contribution in [0.4, 0.5) is 0 Å². The van der Waals surface area contributed by atoms with Gasteiger partial charge in [-0.3, -0.25) is 0 Å². The molecule has 1 aromatic rings. The van der Waals surface area contributed by atoms with Crippen LogP contribution in [0.2, 0.25) is 0 Å². The van der Waals surface area contributed by atoms with Crippen LogP contribution in [0.15, 0.2) is 30.3 Å². The van der Waals surface area contributed by atoms with Gasteiger partial charge in [0.1, 0.15) is 0 Å². The Balaban J connectivity index is 2.80. The third-order valence-electron chi connectivity index (χ3n) is 0.907. The monoisotopic (exact) mass is 157 g/mol. The molecule has 0 fully saturated rings. The number of benzene rings is 1. The molecule has 1 aromatic carbocycles. The maximum atomic E-state index is 9.95. The molecule has 52 valence electrons. The zero-order chi connectivity index (χ0) is 7.40. The van der Waals surface area contributed by atoms with Gasteiger partial charge in [-0.05, 0) is 0 Å². The van der Waals surface area contributed by atoms with Gasteiger partial charge in [-0.15, -0.1) is 0 Å². The van der Waals surface area contributed by atoms with Crippen molar-refractivity contribution in [2.45, 2.75) is 0 Å². The summed E-state index contributed by atoms with van der Waals surface area (Å²) < 4.78 is 24.2. The first-order chi connectivity index (χ1) is 4.79. The van der Waals surface area contributed by atoms with Crippen molar-refractivity contribution in [1.29, 1.82) is 0 Å². The van der Waals surface area contributed by atoms with Crippen molar-refractivity contribution in [3.8, 4) is 5.75 Å². The van der Waals surface area contributed by atoms with E-state index in [9.17, 15) is 8.25 Å². The molecule has 0 amide bonds. The summed E-state index contributed by atoms with van der Waals surface area (Å²) in [6.45, 7) is 0. The third kappa shape index (κ3) is 2.08. The second kappa shape index (κ2) is 3.24. The van der Waals surface area contributed by atoms with E-state index in [1.807, 2.05) is 0 Å². The molecule has 0 aromatic heterocycles. The van der Waals surface area contributed by atoms with Crippen LogP contribution in [-0.4, -0.2) is 4.21 Å². The van der Waals surface area contributed by atoms with Crippen LogP contribution < -0.4 is 4.18 Å². The Morgan fingerprint density at radius 1 is 1.30 bits per heavy atom. The summed E-state index contributed by atoms with van der Waals surface area (Å²) in [6.07, 6.45) is 0. The topological polar surface area (TPSA) is 46.2 Å². The number of para-hydroxylation sites is 1. The van der Waals surface area contributed by atoms with Crippen molar-refractivity contribution in [2.24, 2.45) is 0 Å². The van der Waals surface area contributed by atoms with Crippen LogP contribution in [0.1, 0.15) is 0 Å². The Morgan fingerprint density at radius 2 is 1.90 bits per heavy atom. The quantitative estimate of drug-likeness (QED) is 0.572. The average Bonchev–Trinajstić information content (AvgIpc) is 1.88. The summed E-state index contributed by atoms with van der Waals surface area (Å²) in [5, 5.41) is 0. The SMILES string of the molecule is O=S(#[O+])Oc1ccccc1. The molecule has 10 heavy (non-hydrogen) atoms. The Labute approximate surface area is 60.1 Å². The summed E-state index contributed by atoms with van der Waals surface area (Å²) in [6, 6.07) is 8.30. The van der Waals surface area contributed by atoms with Crippen LogP contribution in [0, 0.1) is 0 Å². The van der Waals surface area contributed by atoms with Gasteiger partial charge >= 0.3 is 59.3 Å². The van der Waals surface area contributed by atoms with Gasteiger partial charge in [0, 0.05) is 0 Å². The predicted octanol–water partition coefficient (Wildman–Crippen LogP) is 1.07. The maximum absolute atomic E-state index is 9.95. The molecule has 0 spiro atoms. The van der Waals surface area contributed by atoms with E-state index in [-0.39, 0.29) is 0 Å². The van der Waals surface area contributed by atoms with Crippen LogP contribution in [0.25, 0.3) is 0 Å². The Hall–Kier alpha value is -1.00. The minimum absolute atomic E-state index is 0.329. The van der Waals surface area contributed by atoms with Crippen molar-refractivity contribution >= 4 is 10.8 Å². The Bertz CT molecular complexity index is 313. The number of hydrogen-bond donors (Lipinski definition) is 0. The van der Waals surface area contributed by atoms with E-state index in [4.69, 9.17) is 0 Å². The van der Waals surface area contributed by atoms with Crippen LogP contribution >= 0.6 is 0 Å². The van der Waals surface area contributed by atoms with Crippen LogP contribution in [-0.2, 0) is 14.9 Å². The van der Waals surface area contributed by atoms with Gasteiger partial charge in [-0.25, -0.2) is 0 Å². The molecule has 0 saturated carbocycles. The van der Waals surface area contributed by atoms with Gasteiger partial charge in [0.25, 0.3) is 0 Å². The van der Waals surface area contributed by atoms with Gasteiger partial charge < -0.3 is 0 Å². The van der Waals surface area contributed by atoms with E-state index in [2.05, 4.69) is 4.18 Å². The molecule has 0 atom stereocenters. The molecule has 0 unspecified atom stereocenters. The fraction of sp³-hybridized carbons (Fsp3) is 0. The second-order valence-electron chi connectivity index (χ2n) is 1.60. The molecule has 0 N–H and O–H groups in total. The molecule has 0 aliphatic carbocycles. The van der Waals surface area contributed by atoms with Crippen molar-refractivity contribution in [3.05, 3.63) is 30.3 Å². The summed E-state index contributed by atoms with van der Waals surface area (Å²) in [5.74, 6) is 0.329. The van der Waals surface area contributed by atoms with Crippen molar-refractivity contribution in [1.82, 2.24) is 0 Å². The summed E-state index contributed by atoms with van der Waals surface area (Å²) in [7, 11) is -2.47. The molecule has 0 bridgehead atoms. The van der Waals surface area contributed by atoms with Gasteiger partial charge in [0.15, 0.2) is 0 Å². The number of hydrogen-bond acceptors (Lipinski definition) is 2. The van der Waals surface area contributed by atoms with Gasteiger partial charge in [0.2, 0.25) is 0 Å². The first-order valence-corrected chi connectivity index (χ1v) is 3.61. The minimum atomic E-state index is -2.47. The third-order valence-corrected chi connectivity index (χ3v) is 1.24. The van der Waals surface area contributed by atoms with Crippen molar-refractivity contribution < 1.29 is 12.4 Å². The molecule has 4 heteroatoms. The zero-order valence-corrected chi connectivity index (χ0v) is 5.84. The van der Waals surface area contributed by atoms with E-state index in [1.54, 1.807) is 30.3 Å². The normalized spacial score (nSPS) is 8.70. The average molecular weight is 157 g/mol. The predicted molar refractivity (Wildman–Crippen MR) is 35.9 cm³/mol. The fourth-order valence-corrected chi connectivity index (χ4v) is 0.823. The van der Waals surface area contributed by atoms with Crippen LogP contribution in [0.3, 0.4) is 0 Å². The van der Waals surface area contributed by atoms with E-state index in [0.29, 0.717) is 5.75 Å². The molecule has 1 rings (SSSR count). The van der Waals surface area contributed by atoms with E-state index < -0.39 is 10.8 Å². The van der Waals surface area contributed by atoms with Gasteiger partial charge in [-0.2, -0.15) is 0 Å². The number of rotatable bonds is 1. The summed E-state index contributed by atoms with van der Waals surface area (Å²) in [4.78, 5) is 0. The van der Waals surface area contributed by atoms with E-state index >= 15 is 0 Å². The van der Waals surface area contributed by atoms with Gasteiger partial charge in [0.05, 0.1) is 0 Å². The molecule has 0 aliphatic heterocycles. The standard InChI is InChI=1S/C6H5O3S/c7-10(8)9-6-4-2-1-3-5-6/h1-5H/q+1. The molecule has 0 radical (unpaired) electrons. The fourth-order valence-electron chi connectivity index (χ4n) is 0.555. The Kier molecular flexibility index (Phi) is 2.30. The molecular formula is C6H5O3S+. The summed E-state index contributed by atoms with van der Waals surface area (Å²) in [5.41, 5.74) is 0. The first-order valence-electron chi connectivity index (χ1n) is 2.61. The van der Waals surface area contributed by atoms with Crippen molar-refractivity contribution in [3.63, 3.8) is 0 Å². The first kappa shape index (κ1) is 7.11. The molecular weight excluding hydrogens is 152 g/mol. The molecule has 0 heterocycles. The van der Waals surface area contributed by atoms with Crippen LogP contribution in [0.5, 0.6) is 5.75 Å². The van der Waals surface area contributed by atoms with E-state index in [1.165, 1.54) is 0 Å². The summed E-state index contributed by atoms with van der Waals surface area (Å²) >= 11 is 0. The zero-order valence-electron chi connectivity index (χ0n) is 5.02. The molecule has 0 aliphatic rings. The molecule has 3 nitrogen and oxygen atoms in total. The second-order valence-corrected chi connectivity index (χ2v) is 2.18. The van der Waals surface area contributed by atoms with Crippen molar-refractivity contribution in [2.75, 3.05) is 0 Å². The Morgan fingerprint density at radius 3 is 2.40 bits per heavy atom. The molecule has 0 saturated heterocycles. The van der Waals surface area contributed by atoms with E-state index in [0.717, 1.165) is 0 Å². The van der Waals surface area contributed by atoms with Gasteiger partial charge in [-0.1, -0.05) is 0 Å².